The number of amides is 2. The number of hydrogen-bond acceptors (Lipinski definition) is 4. The number of nitrogens with zero attached hydrogens (tertiary/aromatic N) is 1. The molecule has 5 heteroatoms. The van der Waals surface area contributed by atoms with Gasteiger partial charge in [0.2, 0.25) is 0 Å². The summed E-state index contributed by atoms with van der Waals surface area (Å²) in [6.45, 7) is 9.84. The SMILES string of the molecule is CCCC(C)(C)OOC(C)(C)c1cccc(N2C(=O)C=CC2=O)c1. The van der Waals surface area contributed by atoms with Crippen LogP contribution in [0.15, 0.2) is 36.4 Å². The van der Waals surface area contributed by atoms with E-state index in [0.29, 0.717) is 5.69 Å². The fourth-order valence-electron chi connectivity index (χ4n) is 2.58. The molecule has 0 unspecified atom stereocenters. The zero-order valence-corrected chi connectivity index (χ0v) is 15.0. The van der Waals surface area contributed by atoms with Crippen LogP contribution in [0.1, 0.15) is 53.0 Å². The number of hydrogen-bond donors (Lipinski definition) is 0. The van der Waals surface area contributed by atoms with Crippen molar-refractivity contribution in [2.45, 2.75) is 58.7 Å². The van der Waals surface area contributed by atoms with Gasteiger partial charge in [-0.05, 0) is 51.8 Å². The lowest BCUT2D eigenvalue weighted by Crippen LogP contribution is -2.32. The Bertz CT molecular complexity index is 643. The molecule has 1 aromatic carbocycles. The van der Waals surface area contributed by atoms with Crippen LogP contribution in [0, 0.1) is 0 Å². The zero-order chi connectivity index (χ0) is 18.0. The Kier molecular flexibility index (Phi) is 5.26. The molecule has 0 spiro atoms. The smallest absolute Gasteiger partial charge is 0.258 e. The predicted octanol–water partition coefficient (Wildman–Crippen LogP) is 3.88. The highest BCUT2D eigenvalue weighted by atomic mass is 17.2. The molecule has 0 saturated carbocycles. The minimum absolute atomic E-state index is 0.337. The summed E-state index contributed by atoms with van der Waals surface area (Å²) in [5, 5.41) is 0. The lowest BCUT2D eigenvalue weighted by Gasteiger charge is -2.31. The van der Waals surface area contributed by atoms with Crippen molar-refractivity contribution in [3.63, 3.8) is 0 Å². The normalized spacial score (nSPS) is 15.5. The van der Waals surface area contributed by atoms with Crippen molar-refractivity contribution in [3.8, 4) is 0 Å². The molecule has 0 saturated heterocycles. The molecular formula is C19H25NO4. The molecule has 2 rings (SSSR count). The largest absolute Gasteiger partial charge is 0.269 e. The van der Waals surface area contributed by atoms with Crippen molar-refractivity contribution in [2.24, 2.45) is 0 Å². The number of carbonyl (C=O) groups is 2. The first-order valence-electron chi connectivity index (χ1n) is 8.20. The summed E-state index contributed by atoms with van der Waals surface area (Å²) in [5.74, 6) is -0.674. The topological polar surface area (TPSA) is 55.8 Å². The fourth-order valence-corrected chi connectivity index (χ4v) is 2.58. The maximum Gasteiger partial charge on any atom is 0.258 e. The van der Waals surface area contributed by atoms with Gasteiger partial charge < -0.3 is 0 Å². The molecule has 1 aliphatic rings. The molecule has 1 heterocycles. The Morgan fingerprint density at radius 3 is 2.21 bits per heavy atom. The third kappa shape index (κ3) is 4.10. The van der Waals surface area contributed by atoms with Crippen LogP contribution >= 0.6 is 0 Å². The average Bonchev–Trinajstić information content (AvgIpc) is 2.85. The first-order chi connectivity index (χ1) is 11.2. The van der Waals surface area contributed by atoms with E-state index in [1.807, 2.05) is 33.8 Å². The molecule has 130 valence electrons. The zero-order valence-electron chi connectivity index (χ0n) is 15.0. The number of rotatable bonds is 7. The predicted molar refractivity (Wildman–Crippen MR) is 92.3 cm³/mol. The Labute approximate surface area is 143 Å². The summed E-state index contributed by atoms with van der Waals surface area (Å²) in [6.07, 6.45) is 4.42. The Balaban J connectivity index is 2.18. The minimum Gasteiger partial charge on any atom is -0.269 e. The van der Waals surface area contributed by atoms with E-state index in [1.165, 1.54) is 12.2 Å². The van der Waals surface area contributed by atoms with Crippen molar-refractivity contribution in [1.82, 2.24) is 0 Å². The standard InChI is InChI=1S/C19H25NO4/c1-6-12-18(2,3)23-24-19(4,5)14-8-7-9-15(13-14)20-16(21)10-11-17(20)22/h7-11,13H,6,12H2,1-5H3. The number of benzene rings is 1. The van der Waals surface area contributed by atoms with Crippen LogP contribution in [0.25, 0.3) is 0 Å². The highest BCUT2D eigenvalue weighted by molar-refractivity contribution is 6.28. The van der Waals surface area contributed by atoms with Crippen molar-refractivity contribution in [1.29, 1.82) is 0 Å². The Morgan fingerprint density at radius 2 is 1.62 bits per heavy atom. The first-order valence-corrected chi connectivity index (χ1v) is 8.20. The van der Waals surface area contributed by atoms with Crippen molar-refractivity contribution in [2.75, 3.05) is 4.90 Å². The second-order valence-electron chi connectivity index (χ2n) is 7.08. The molecule has 0 atom stereocenters. The van der Waals surface area contributed by atoms with E-state index in [2.05, 4.69) is 6.92 Å². The second-order valence-corrected chi connectivity index (χ2v) is 7.08. The van der Waals surface area contributed by atoms with E-state index >= 15 is 0 Å². The van der Waals surface area contributed by atoms with Gasteiger partial charge in [-0.2, -0.15) is 0 Å². The molecule has 0 aromatic heterocycles. The molecule has 0 fully saturated rings. The summed E-state index contributed by atoms with van der Waals surface area (Å²) in [5.41, 5.74) is 0.242. The molecule has 5 nitrogen and oxygen atoms in total. The van der Waals surface area contributed by atoms with E-state index in [4.69, 9.17) is 9.78 Å². The molecule has 0 bridgehead atoms. The molecule has 0 radical (unpaired) electrons. The first kappa shape index (κ1) is 18.4. The van der Waals surface area contributed by atoms with Crippen molar-refractivity contribution < 1.29 is 19.4 Å². The van der Waals surface area contributed by atoms with Gasteiger partial charge in [0, 0.05) is 12.2 Å². The molecule has 1 aromatic rings. The lowest BCUT2D eigenvalue weighted by atomic mass is 9.97. The van der Waals surface area contributed by atoms with Gasteiger partial charge in [0.05, 0.1) is 11.3 Å². The quantitative estimate of drug-likeness (QED) is 0.432. The lowest BCUT2D eigenvalue weighted by molar-refractivity contribution is -0.406. The maximum absolute atomic E-state index is 11.8. The second kappa shape index (κ2) is 6.87. The number of imide groups is 1. The fraction of sp³-hybridized carbons (Fsp3) is 0.474. The van der Waals surface area contributed by atoms with E-state index < -0.39 is 5.60 Å². The monoisotopic (exact) mass is 331 g/mol. The van der Waals surface area contributed by atoms with Crippen LogP contribution in [-0.4, -0.2) is 17.4 Å². The summed E-state index contributed by atoms with van der Waals surface area (Å²) < 4.78 is 0. The summed E-state index contributed by atoms with van der Waals surface area (Å²) in [4.78, 5) is 36.2. The van der Waals surface area contributed by atoms with Crippen LogP contribution in [0.4, 0.5) is 5.69 Å². The highest BCUT2D eigenvalue weighted by Crippen LogP contribution is 2.31. The van der Waals surface area contributed by atoms with Gasteiger partial charge in [0.15, 0.2) is 0 Å². The Hall–Kier alpha value is -1.98. The van der Waals surface area contributed by atoms with Crippen LogP contribution in [-0.2, 0) is 25.0 Å². The van der Waals surface area contributed by atoms with Gasteiger partial charge in [0.1, 0.15) is 5.60 Å². The summed E-state index contributed by atoms with van der Waals surface area (Å²) >= 11 is 0. The molecule has 0 aliphatic carbocycles. The highest BCUT2D eigenvalue weighted by Gasteiger charge is 2.30. The van der Waals surface area contributed by atoms with Gasteiger partial charge in [-0.3, -0.25) is 9.59 Å². The summed E-state index contributed by atoms with van der Waals surface area (Å²) in [7, 11) is 0. The third-order valence-electron chi connectivity index (χ3n) is 3.94. The van der Waals surface area contributed by atoms with E-state index in [9.17, 15) is 9.59 Å². The number of carbonyl (C=O) groups excluding carboxylic acids is 2. The third-order valence-corrected chi connectivity index (χ3v) is 3.94. The van der Waals surface area contributed by atoms with E-state index in [-0.39, 0.29) is 17.4 Å². The van der Waals surface area contributed by atoms with Crippen LogP contribution < -0.4 is 4.90 Å². The van der Waals surface area contributed by atoms with Gasteiger partial charge in [-0.1, -0.05) is 25.5 Å². The maximum atomic E-state index is 11.8. The minimum atomic E-state index is -0.722. The molecular weight excluding hydrogens is 306 g/mol. The average molecular weight is 331 g/mol. The molecule has 1 aliphatic heterocycles. The van der Waals surface area contributed by atoms with Gasteiger partial charge >= 0.3 is 0 Å². The molecule has 24 heavy (non-hydrogen) atoms. The molecule has 0 N–H and O–H groups in total. The van der Waals surface area contributed by atoms with Crippen molar-refractivity contribution in [3.05, 3.63) is 42.0 Å². The van der Waals surface area contributed by atoms with Crippen molar-refractivity contribution >= 4 is 17.5 Å². The Morgan fingerprint density at radius 1 is 1.00 bits per heavy atom. The van der Waals surface area contributed by atoms with Gasteiger partial charge in [-0.15, -0.1) is 0 Å². The van der Waals surface area contributed by atoms with Crippen LogP contribution in [0.3, 0.4) is 0 Å². The number of anilines is 1. The molecule has 2 amide bonds. The van der Waals surface area contributed by atoms with Gasteiger partial charge in [0.25, 0.3) is 11.8 Å². The van der Waals surface area contributed by atoms with Gasteiger partial charge in [-0.25, -0.2) is 14.7 Å². The van der Waals surface area contributed by atoms with E-state index in [1.54, 1.807) is 18.2 Å². The van der Waals surface area contributed by atoms with Crippen LogP contribution in [0.5, 0.6) is 0 Å². The summed E-state index contributed by atoms with van der Waals surface area (Å²) in [6, 6.07) is 7.19. The van der Waals surface area contributed by atoms with E-state index in [0.717, 1.165) is 23.3 Å². The van der Waals surface area contributed by atoms with Crippen LogP contribution in [0.2, 0.25) is 0 Å².